The van der Waals surface area contributed by atoms with Gasteiger partial charge in [-0.3, -0.25) is 9.10 Å². The molecule has 24 heavy (non-hydrogen) atoms. The number of sulfonamides is 1. The molecule has 128 valence electrons. The minimum absolute atomic E-state index is 0.264. The van der Waals surface area contributed by atoms with Gasteiger partial charge >= 0.3 is 0 Å². The van der Waals surface area contributed by atoms with Crippen molar-refractivity contribution < 1.29 is 13.2 Å². The first-order valence-corrected chi connectivity index (χ1v) is 10.4. The Morgan fingerprint density at radius 3 is 2.42 bits per heavy atom. The molecule has 0 bridgehead atoms. The zero-order valence-electron chi connectivity index (χ0n) is 13.2. The fourth-order valence-electron chi connectivity index (χ4n) is 2.10. The summed E-state index contributed by atoms with van der Waals surface area (Å²) < 4.78 is 25.1. The Bertz CT molecular complexity index is 841. The monoisotopic (exact) mass is 384 g/mol. The molecule has 0 radical (unpaired) electrons. The number of hydrogen-bond donors (Lipinski definition) is 1. The number of thioether (sulfide) groups is 1. The van der Waals surface area contributed by atoms with E-state index in [2.05, 4.69) is 5.32 Å². The van der Waals surface area contributed by atoms with Crippen LogP contribution in [0.4, 0.5) is 11.4 Å². The molecule has 8 heteroatoms. The lowest BCUT2D eigenvalue weighted by Gasteiger charge is -2.23. The molecule has 0 aliphatic rings. The van der Waals surface area contributed by atoms with Crippen molar-refractivity contribution in [2.75, 3.05) is 28.7 Å². The van der Waals surface area contributed by atoms with Gasteiger partial charge in [-0.1, -0.05) is 35.9 Å². The number of nitrogens with one attached hydrogen (secondary N) is 1. The molecule has 0 unspecified atom stereocenters. The normalized spacial score (nSPS) is 11.1. The van der Waals surface area contributed by atoms with Crippen molar-refractivity contribution in [3.63, 3.8) is 0 Å². The van der Waals surface area contributed by atoms with Gasteiger partial charge in [0.1, 0.15) is 6.54 Å². The van der Waals surface area contributed by atoms with Crippen LogP contribution in [0.15, 0.2) is 53.4 Å². The lowest BCUT2D eigenvalue weighted by Crippen LogP contribution is -2.37. The molecule has 2 aromatic carbocycles. The van der Waals surface area contributed by atoms with Crippen LogP contribution in [0.3, 0.4) is 0 Å². The van der Waals surface area contributed by atoms with Crippen LogP contribution < -0.4 is 9.62 Å². The van der Waals surface area contributed by atoms with E-state index in [1.54, 1.807) is 36.4 Å². The molecule has 0 atom stereocenters. The second-order valence-electron chi connectivity index (χ2n) is 4.97. The third-order valence-electron chi connectivity index (χ3n) is 3.19. The number of halogens is 1. The SMILES string of the molecule is CSc1ccccc1NC(=O)CN(c1ccccc1Cl)S(C)(=O)=O. The van der Waals surface area contributed by atoms with Crippen LogP contribution in [-0.4, -0.2) is 33.4 Å². The van der Waals surface area contributed by atoms with Gasteiger partial charge in [0.05, 0.1) is 22.7 Å². The number of rotatable bonds is 6. The molecular formula is C16H17ClN2O3S2. The fourth-order valence-corrected chi connectivity index (χ4v) is 3.81. The van der Waals surface area contributed by atoms with E-state index in [4.69, 9.17) is 11.6 Å². The summed E-state index contributed by atoms with van der Waals surface area (Å²) in [5, 5.41) is 3.01. The van der Waals surface area contributed by atoms with E-state index in [0.717, 1.165) is 15.5 Å². The predicted octanol–water partition coefficient (Wildman–Crippen LogP) is 3.47. The highest BCUT2D eigenvalue weighted by Crippen LogP contribution is 2.28. The van der Waals surface area contributed by atoms with Crippen LogP contribution in [-0.2, 0) is 14.8 Å². The molecule has 5 nitrogen and oxygen atoms in total. The number of carbonyl (C=O) groups is 1. The summed E-state index contributed by atoms with van der Waals surface area (Å²) in [5.41, 5.74) is 0.914. The Morgan fingerprint density at radius 1 is 1.17 bits per heavy atom. The predicted molar refractivity (Wildman–Crippen MR) is 100 cm³/mol. The van der Waals surface area contributed by atoms with E-state index in [1.807, 2.05) is 18.4 Å². The Balaban J connectivity index is 2.25. The average Bonchev–Trinajstić information content (AvgIpc) is 2.53. The van der Waals surface area contributed by atoms with Crippen LogP contribution in [0.2, 0.25) is 5.02 Å². The first-order valence-electron chi connectivity index (χ1n) is 6.98. The number of hydrogen-bond acceptors (Lipinski definition) is 4. The molecule has 0 aliphatic heterocycles. The quantitative estimate of drug-likeness (QED) is 0.774. The highest BCUT2D eigenvalue weighted by Gasteiger charge is 2.23. The van der Waals surface area contributed by atoms with E-state index < -0.39 is 15.9 Å². The number of nitrogens with zero attached hydrogens (tertiary/aromatic N) is 1. The molecule has 2 aromatic rings. The maximum atomic E-state index is 12.4. The van der Waals surface area contributed by atoms with Crippen LogP contribution in [0.25, 0.3) is 0 Å². The lowest BCUT2D eigenvalue weighted by molar-refractivity contribution is -0.114. The Kier molecular flexibility index (Phi) is 6.15. The third-order valence-corrected chi connectivity index (χ3v) is 5.43. The summed E-state index contributed by atoms with van der Waals surface area (Å²) in [6.07, 6.45) is 2.94. The van der Waals surface area contributed by atoms with Gasteiger partial charge in [-0.05, 0) is 30.5 Å². The summed E-state index contributed by atoms with van der Waals surface area (Å²) in [4.78, 5) is 13.3. The highest BCUT2D eigenvalue weighted by molar-refractivity contribution is 7.98. The summed E-state index contributed by atoms with van der Waals surface area (Å²) in [6.45, 7) is -0.356. The maximum Gasteiger partial charge on any atom is 0.245 e. The van der Waals surface area contributed by atoms with E-state index in [1.165, 1.54) is 11.8 Å². The van der Waals surface area contributed by atoms with Crippen molar-refractivity contribution >= 4 is 50.7 Å². The topological polar surface area (TPSA) is 66.5 Å². The van der Waals surface area contributed by atoms with Crippen molar-refractivity contribution in [2.45, 2.75) is 4.90 Å². The first-order chi connectivity index (χ1) is 11.3. The Hall–Kier alpha value is -1.70. The Morgan fingerprint density at radius 2 is 1.79 bits per heavy atom. The van der Waals surface area contributed by atoms with E-state index in [9.17, 15) is 13.2 Å². The Labute approximate surface area is 151 Å². The summed E-state index contributed by atoms with van der Waals surface area (Å²) >= 11 is 7.57. The van der Waals surface area contributed by atoms with Gasteiger partial charge in [-0.15, -0.1) is 11.8 Å². The smallest absolute Gasteiger partial charge is 0.245 e. The minimum Gasteiger partial charge on any atom is -0.323 e. The van der Waals surface area contributed by atoms with Gasteiger partial charge in [-0.25, -0.2) is 8.42 Å². The standard InChI is InChI=1S/C16H17ClN2O3S2/c1-23-15-10-6-4-8-13(15)18-16(20)11-19(24(2,21)22)14-9-5-3-7-12(14)17/h3-10H,11H2,1-2H3,(H,18,20). The first kappa shape index (κ1) is 18.6. The molecule has 1 N–H and O–H groups in total. The van der Waals surface area contributed by atoms with E-state index >= 15 is 0 Å². The van der Waals surface area contributed by atoms with Crippen molar-refractivity contribution in [1.82, 2.24) is 0 Å². The van der Waals surface area contributed by atoms with Crippen molar-refractivity contribution in [1.29, 1.82) is 0 Å². The van der Waals surface area contributed by atoms with Gasteiger partial charge in [0.2, 0.25) is 15.9 Å². The zero-order valence-corrected chi connectivity index (χ0v) is 15.6. The van der Waals surface area contributed by atoms with Crippen molar-refractivity contribution in [2.24, 2.45) is 0 Å². The number of amides is 1. The maximum absolute atomic E-state index is 12.4. The number of benzene rings is 2. The molecule has 0 aliphatic carbocycles. The lowest BCUT2D eigenvalue weighted by atomic mass is 10.3. The van der Waals surface area contributed by atoms with Gasteiger partial charge in [0.15, 0.2) is 0 Å². The molecule has 0 spiro atoms. The second kappa shape index (κ2) is 7.92. The van der Waals surface area contributed by atoms with E-state index in [-0.39, 0.29) is 17.3 Å². The van der Waals surface area contributed by atoms with Gasteiger partial charge in [0, 0.05) is 4.90 Å². The fraction of sp³-hybridized carbons (Fsp3) is 0.188. The summed E-state index contributed by atoms with van der Waals surface area (Å²) in [6, 6.07) is 13.8. The van der Waals surface area contributed by atoms with Crippen molar-refractivity contribution in [3.05, 3.63) is 53.6 Å². The highest BCUT2D eigenvalue weighted by atomic mass is 35.5. The molecule has 0 saturated heterocycles. The largest absolute Gasteiger partial charge is 0.323 e. The van der Waals surface area contributed by atoms with Crippen LogP contribution >= 0.6 is 23.4 Å². The molecule has 0 saturated carbocycles. The van der Waals surface area contributed by atoms with Crippen molar-refractivity contribution in [3.8, 4) is 0 Å². The summed E-state index contributed by atoms with van der Waals surface area (Å²) in [7, 11) is -3.66. The molecule has 1 amide bonds. The molecular weight excluding hydrogens is 368 g/mol. The van der Waals surface area contributed by atoms with Gasteiger partial charge < -0.3 is 5.32 Å². The van der Waals surface area contributed by atoms with Crippen LogP contribution in [0.1, 0.15) is 0 Å². The molecule has 0 fully saturated rings. The average molecular weight is 385 g/mol. The minimum atomic E-state index is -3.66. The molecule has 0 heterocycles. The summed E-state index contributed by atoms with van der Waals surface area (Å²) in [5.74, 6) is -0.443. The third kappa shape index (κ3) is 4.66. The second-order valence-corrected chi connectivity index (χ2v) is 8.13. The molecule has 2 rings (SSSR count). The number of anilines is 2. The van der Waals surface area contributed by atoms with E-state index in [0.29, 0.717) is 5.69 Å². The van der Waals surface area contributed by atoms with Crippen LogP contribution in [0.5, 0.6) is 0 Å². The van der Waals surface area contributed by atoms with Gasteiger partial charge in [0.25, 0.3) is 0 Å². The van der Waals surface area contributed by atoms with Crippen LogP contribution in [0, 0.1) is 0 Å². The zero-order chi connectivity index (χ0) is 17.7. The van der Waals surface area contributed by atoms with Gasteiger partial charge in [-0.2, -0.15) is 0 Å². The molecule has 0 aromatic heterocycles. The number of carbonyl (C=O) groups excluding carboxylic acids is 1. The number of para-hydroxylation sites is 2.